The first-order valence-corrected chi connectivity index (χ1v) is 8.87. The van der Waals surface area contributed by atoms with Crippen LogP contribution in [-0.4, -0.2) is 18.6 Å². The van der Waals surface area contributed by atoms with E-state index in [9.17, 15) is 0 Å². The van der Waals surface area contributed by atoms with Crippen molar-refractivity contribution in [2.45, 2.75) is 64.0 Å². The predicted octanol–water partition coefficient (Wildman–Crippen LogP) is 4.39. The highest BCUT2D eigenvalue weighted by atomic mass is 35.5. The maximum Gasteiger partial charge on any atom is 0.0426 e. The summed E-state index contributed by atoms with van der Waals surface area (Å²) in [6, 6.07) is 7.33. The molecule has 3 heteroatoms. The average Bonchev–Trinajstić information content (AvgIpc) is 2.92. The van der Waals surface area contributed by atoms with Crippen LogP contribution in [0.5, 0.6) is 0 Å². The summed E-state index contributed by atoms with van der Waals surface area (Å²) < 4.78 is 0. The quantitative estimate of drug-likeness (QED) is 0.894. The van der Waals surface area contributed by atoms with E-state index in [0.717, 1.165) is 29.8 Å². The second kappa shape index (κ2) is 6.58. The van der Waals surface area contributed by atoms with E-state index in [-0.39, 0.29) is 6.04 Å². The molecule has 0 amide bonds. The van der Waals surface area contributed by atoms with E-state index in [4.69, 9.17) is 17.3 Å². The number of fused-ring (bicyclic) bond motifs is 1. The molecule has 1 aliphatic heterocycles. The molecule has 2 nitrogen and oxygen atoms in total. The van der Waals surface area contributed by atoms with Crippen LogP contribution >= 0.6 is 11.6 Å². The van der Waals surface area contributed by atoms with Crippen LogP contribution in [0.3, 0.4) is 0 Å². The summed E-state index contributed by atoms with van der Waals surface area (Å²) in [4.78, 5) is 2.63. The molecule has 21 heavy (non-hydrogen) atoms. The Morgan fingerprint density at radius 2 is 2.10 bits per heavy atom. The van der Waals surface area contributed by atoms with Crippen LogP contribution in [0, 0.1) is 5.92 Å². The van der Waals surface area contributed by atoms with Gasteiger partial charge in [-0.05, 0) is 55.7 Å². The summed E-state index contributed by atoms with van der Waals surface area (Å²) in [5, 5.41) is 0.845. The van der Waals surface area contributed by atoms with Crippen molar-refractivity contribution in [2.75, 3.05) is 11.4 Å². The number of halogens is 1. The number of rotatable bonds is 4. The van der Waals surface area contributed by atoms with Gasteiger partial charge < -0.3 is 10.6 Å². The van der Waals surface area contributed by atoms with E-state index in [1.54, 1.807) is 0 Å². The van der Waals surface area contributed by atoms with Crippen molar-refractivity contribution in [3.63, 3.8) is 0 Å². The van der Waals surface area contributed by atoms with Gasteiger partial charge in [-0.2, -0.15) is 0 Å². The smallest absolute Gasteiger partial charge is 0.0426 e. The van der Waals surface area contributed by atoms with Gasteiger partial charge in [0.1, 0.15) is 0 Å². The Bertz CT molecular complexity index is 488. The number of nitrogens with zero attached hydrogens (tertiary/aromatic N) is 1. The van der Waals surface area contributed by atoms with Crippen LogP contribution in [0.25, 0.3) is 0 Å². The number of benzene rings is 1. The molecule has 0 radical (unpaired) electrons. The van der Waals surface area contributed by atoms with Crippen LogP contribution in [0.15, 0.2) is 18.2 Å². The molecule has 2 fully saturated rings. The zero-order valence-electron chi connectivity index (χ0n) is 13.0. The molecule has 0 bridgehead atoms. The summed E-state index contributed by atoms with van der Waals surface area (Å²) in [7, 11) is 0. The van der Waals surface area contributed by atoms with E-state index < -0.39 is 0 Å². The van der Waals surface area contributed by atoms with Gasteiger partial charge in [-0.1, -0.05) is 37.4 Å². The van der Waals surface area contributed by atoms with Crippen LogP contribution in [0.1, 0.15) is 51.0 Å². The van der Waals surface area contributed by atoms with Gasteiger partial charge in [0.15, 0.2) is 0 Å². The Labute approximate surface area is 133 Å². The van der Waals surface area contributed by atoms with Gasteiger partial charge in [-0.3, -0.25) is 0 Å². The summed E-state index contributed by atoms with van der Waals surface area (Å²) in [5.41, 5.74) is 8.91. The Hall–Kier alpha value is -0.730. The van der Waals surface area contributed by atoms with Crippen LogP contribution in [0.4, 0.5) is 5.69 Å². The van der Waals surface area contributed by atoms with Crippen LogP contribution in [0.2, 0.25) is 5.02 Å². The fraction of sp³-hybridized carbons (Fsp3) is 0.667. The SMILES string of the molecule is CCC(N)Cc1ccc(Cl)cc1N1CCC2CCCCC21. The highest BCUT2D eigenvalue weighted by Crippen LogP contribution is 2.40. The summed E-state index contributed by atoms with van der Waals surface area (Å²) in [6.45, 7) is 3.34. The molecule has 116 valence electrons. The summed E-state index contributed by atoms with van der Waals surface area (Å²) in [6.07, 6.45) is 8.86. The van der Waals surface area contributed by atoms with Crippen molar-refractivity contribution in [3.05, 3.63) is 28.8 Å². The lowest BCUT2D eigenvalue weighted by Crippen LogP contribution is -2.35. The molecular formula is C18H27ClN2. The van der Waals surface area contributed by atoms with E-state index in [1.165, 1.54) is 49.9 Å². The zero-order chi connectivity index (χ0) is 14.8. The molecule has 3 atom stereocenters. The molecule has 0 spiro atoms. The van der Waals surface area contributed by atoms with E-state index in [0.29, 0.717) is 0 Å². The standard InChI is InChI=1S/C18H27ClN2/c1-2-16(20)11-14-7-8-15(19)12-18(14)21-10-9-13-5-3-4-6-17(13)21/h7-8,12-13,16-17H,2-6,9-11,20H2,1H3. The number of hydrogen-bond donors (Lipinski definition) is 1. The molecule has 1 saturated carbocycles. The molecule has 1 aliphatic carbocycles. The van der Waals surface area contributed by atoms with Crippen LogP contribution < -0.4 is 10.6 Å². The van der Waals surface area contributed by atoms with E-state index in [1.807, 2.05) is 6.07 Å². The van der Waals surface area contributed by atoms with Gasteiger partial charge in [0.25, 0.3) is 0 Å². The summed E-state index contributed by atoms with van der Waals surface area (Å²) >= 11 is 6.28. The lowest BCUT2D eigenvalue weighted by molar-refractivity contribution is 0.342. The molecule has 1 saturated heterocycles. The molecule has 1 aromatic carbocycles. The molecule has 1 heterocycles. The Kier molecular flexibility index (Phi) is 4.75. The largest absolute Gasteiger partial charge is 0.368 e. The van der Waals surface area contributed by atoms with E-state index >= 15 is 0 Å². The summed E-state index contributed by atoms with van der Waals surface area (Å²) in [5.74, 6) is 0.894. The van der Waals surface area contributed by atoms with Gasteiger partial charge in [0.05, 0.1) is 0 Å². The molecule has 2 aliphatic rings. The number of hydrogen-bond acceptors (Lipinski definition) is 2. The minimum Gasteiger partial charge on any atom is -0.368 e. The topological polar surface area (TPSA) is 29.3 Å². The van der Waals surface area contributed by atoms with Crippen molar-refractivity contribution in [1.82, 2.24) is 0 Å². The number of nitrogens with two attached hydrogens (primary N) is 1. The van der Waals surface area contributed by atoms with Crippen molar-refractivity contribution in [3.8, 4) is 0 Å². The highest BCUT2D eigenvalue weighted by Gasteiger charge is 2.36. The third kappa shape index (κ3) is 3.22. The Morgan fingerprint density at radius 3 is 2.90 bits per heavy atom. The van der Waals surface area contributed by atoms with Crippen LogP contribution in [-0.2, 0) is 6.42 Å². The van der Waals surface area contributed by atoms with Gasteiger partial charge in [-0.25, -0.2) is 0 Å². The van der Waals surface area contributed by atoms with Crippen molar-refractivity contribution >= 4 is 17.3 Å². The fourth-order valence-electron chi connectivity index (χ4n) is 4.11. The van der Waals surface area contributed by atoms with E-state index in [2.05, 4.69) is 24.0 Å². The molecule has 0 aromatic heterocycles. The maximum atomic E-state index is 6.28. The first kappa shape index (κ1) is 15.2. The molecule has 2 N–H and O–H groups in total. The molecule has 3 unspecified atom stereocenters. The van der Waals surface area contributed by atoms with Crippen molar-refractivity contribution in [2.24, 2.45) is 11.7 Å². The second-order valence-corrected chi connectivity index (χ2v) is 7.18. The monoisotopic (exact) mass is 306 g/mol. The van der Waals surface area contributed by atoms with Crippen molar-refractivity contribution in [1.29, 1.82) is 0 Å². The predicted molar refractivity (Wildman–Crippen MR) is 91.1 cm³/mol. The van der Waals surface area contributed by atoms with Gasteiger partial charge >= 0.3 is 0 Å². The average molecular weight is 307 g/mol. The highest BCUT2D eigenvalue weighted by molar-refractivity contribution is 6.30. The fourth-order valence-corrected chi connectivity index (χ4v) is 4.28. The first-order chi connectivity index (χ1) is 10.2. The molecular weight excluding hydrogens is 280 g/mol. The van der Waals surface area contributed by atoms with Gasteiger partial charge in [-0.15, -0.1) is 0 Å². The minimum atomic E-state index is 0.245. The van der Waals surface area contributed by atoms with Gasteiger partial charge in [0, 0.05) is 29.3 Å². The van der Waals surface area contributed by atoms with Gasteiger partial charge in [0.2, 0.25) is 0 Å². The lowest BCUT2D eigenvalue weighted by atomic mass is 9.85. The third-order valence-electron chi connectivity index (χ3n) is 5.37. The van der Waals surface area contributed by atoms with Crippen molar-refractivity contribution < 1.29 is 0 Å². The zero-order valence-corrected chi connectivity index (χ0v) is 13.8. The Balaban J connectivity index is 1.87. The lowest BCUT2D eigenvalue weighted by Gasteiger charge is -2.34. The number of anilines is 1. The second-order valence-electron chi connectivity index (χ2n) is 6.74. The molecule has 1 aromatic rings. The maximum absolute atomic E-state index is 6.28. The molecule has 3 rings (SSSR count). The minimum absolute atomic E-state index is 0.245. The third-order valence-corrected chi connectivity index (χ3v) is 5.61. The Morgan fingerprint density at radius 1 is 1.29 bits per heavy atom. The normalized spacial score (nSPS) is 26.7. The first-order valence-electron chi connectivity index (χ1n) is 8.49.